The van der Waals surface area contributed by atoms with Crippen LogP contribution in [0.2, 0.25) is 0 Å². The molecule has 1 aromatic rings. The van der Waals surface area contributed by atoms with Gasteiger partial charge in [-0.3, -0.25) is 0 Å². The van der Waals surface area contributed by atoms with Crippen LogP contribution < -0.4 is 10.6 Å². The maximum absolute atomic E-state index is 11.6. The number of hydrogen-bond donors (Lipinski definition) is 2. The maximum Gasteiger partial charge on any atom is 0.341 e. The topological polar surface area (TPSA) is 63.2 Å². The third-order valence-electron chi connectivity index (χ3n) is 3.61. The number of carbonyl (C=O) groups excluding carboxylic acids is 1. The molecule has 3 rings (SSSR count). The van der Waals surface area contributed by atoms with Crippen molar-refractivity contribution >= 4 is 11.8 Å². The number of methoxy groups -OCH3 is 1. The van der Waals surface area contributed by atoms with Gasteiger partial charge in [-0.1, -0.05) is 0 Å². The number of carbonyl (C=O) groups is 1. The van der Waals surface area contributed by atoms with Gasteiger partial charge in [-0.25, -0.2) is 9.78 Å². The van der Waals surface area contributed by atoms with Crippen molar-refractivity contribution in [1.29, 1.82) is 0 Å². The molecule has 5 nitrogen and oxygen atoms in total. The first-order chi connectivity index (χ1) is 8.31. The quantitative estimate of drug-likeness (QED) is 0.744. The second-order valence-corrected chi connectivity index (χ2v) is 4.55. The highest BCUT2D eigenvalue weighted by molar-refractivity contribution is 5.94. The van der Waals surface area contributed by atoms with E-state index in [1.165, 1.54) is 7.11 Å². The van der Waals surface area contributed by atoms with Gasteiger partial charge in [-0.2, -0.15) is 0 Å². The van der Waals surface area contributed by atoms with E-state index >= 15 is 0 Å². The lowest BCUT2D eigenvalue weighted by atomic mass is 10.2. The summed E-state index contributed by atoms with van der Waals surface area (Å²) in [4.78, 5) is 15.8. The highest BCUT2D eigenvalue weighted by Gasteiger charge is 2.53. The van der Waals surface area contributed by atoms with Crippen LogP contribution in [0.25, 0.3) is 0 Å². The average molecular weight is 233 g/mol. The fourth-order valence-corrected chi connectivity index (χ4v) is 2.59. The van der Waals surface area contributed by atoms with Crippen LogP contribution in [0.1, 0.15) is 10.4 Å². The van der Waals surface area contributed by atoms with Crippen LogP contribution in [0, 0.1) is 11.8 Å². The second-order valence-electron chi connectivity index (χ2n) is 4.55. The standard InChI is InChI=1S/C12H15N3O2/c1-17-12(16)7-3-2-4-14-11(7)15-10-8-5-13-6-9(8)10/h2-4,8-10,13H,5-6H2,1H3,(H,14,15). The second kappa shape index (κ2) is 4.00. The Hall–Kier alpha value is -1.62. The number of nitrogens with one attached hydrogen (secondary N) is 2. The third kappa shape index (κ3) is 1.76. The number of hydrogen-bond acceptors (Lipinski definition) is 5. The van der Waals surface area contributed by atoms with Crippen molar-refractivity contribution in [3.05, 3.63) is 23.9 Å². The zero-order valence-corrected chi connectivity index (χ0v) is 9.64. The van der Waals surface area contributed by atoms with E-state index < -0.39 is 0 Å². The number of rotatable bonds is 3. The highest BCUT2D eigenvalue weighted by atomic mass is 16.5. The number of esters is 1. The summed E-state index contributed by atoms with van der Waals surface area (Å²) in [5.74, 6) is 1.66. The Bertz CT molecular complexity index is 439. The molecule has 0 radical (unpaired) electrons. The van der Waals surface area contributed by atoms with Crippen molar-refractivity contribution in [1.82, 2.24) is 10.3 Å². The summed E-state index contributed by atoms with van der Waals surface area (Å²) >= 11 is 0. The monoisotopic (exact) mass is 233 g/mol. The van der Waals surface area contributed by atoms with Crippen LogP contribution in [0.15, 0.2) is 18.3 Å². The lowest BCUT2D eigenvalue weighted by molar-refractivity contribution is 0.0601. The first kappa shape index (κ1) is 10.5. The van der Waals surface area contributed by atoms with E-state index in [1.54, 1.807) is 18.3 Å². The molecule has 17 heavy (non-hydrogen) atoms. The molecule has 90 valence electrons. The van der Waals surface area contributed by atoms with Crippen LogP contribution in [0.3, 0.4) is 0 Å². The number of anilines is 1. The summed E-state index contributed by atoms with van der Waals surface area (Å²) in [6.45, 7) is 2.12. The molecule has 1 saturated heterocycles. The molecule has 0 spiro atoms. The molecule has 1 aliphatic heterocycles. The summed E-state index contributed by atoms with van der Waals surface area (Å²) in [6, 6.07) is 3.93. The van der Waals surface area contributed by atoms with Gasteiger partial charge in [0, 0.05) is 25.3 Å². The summed E-state index contributed by atoms with van der Waals surface area (Å²) in [7, 11) is 1.38. The minimum absolute atomic E-state index is 0.343. The predicted octanol–water partition coefficient (Wildman–Crippen LogP) is 0.498. The molecule has 2 aliphatic rings. The zero-order chi connectivity index (χ0) is 11.8. The molecular formula is C12H15N3O2. The van der Waals surface area contributed by atoms with E-state index in [0.717, 1.165) is 13.1 Å². The van der Waals surface area contributed by atoms with Crippen molar-refractivity contribution < 1.29 is 9.53 Å². The molecule has 2 heterocycles. The van der Waals surface area contributed by atoms with Gasteiger partial charge in [0.25, 0.3) is 0 Å². The van der Waals surface area contributed by atoms with Crippen molar-refractivity contribution in [3.63, 3.8) is 0 Å². The fourth-order valence-electron chi connectivity index (χ4n) is 2.59. The molecule has 0 bridgehead atoms. The Morgan fingerprint density at radius 1 is 1.53 bits per heavy atom. The summed E-state index contributed by atoms with van der Waals surface area (Å²) in [5.41, 5.74) is 0.507. The van der Waals surface area contributed by atoms with Gasteiger partial charge in [0.05, 0.1) is 7.11 Å². The molecule has 2 atom stereocenters. The maximum atomic E-state index is 11.6. The Morgan fingerprint density at radius 2 is 2.29 bits per heavy atom. The summed E-state index contributed by atoms with van der Waals surface area (Å²) in [6.07, 6.45) is 1.69. The molecular weight excluding hydrogens is 218 g/mol. The minimum Gasteiger partial charge on any atom is -0.465 e. The normalized spacial score (nSPS) is 29.6. The molecule has 1 saturated carbocycles. The van der Waals surface area contributed by atoms with Gasteiger partial charge < -0.3 is 15.4 Å². The van der Waals surface area contributed by atoms with E-state index in [4.69, 9.17) is 4.74 Å². The largest absolute Gasteiger partial charge is 0.465 e. The fraction of sp³-hybridized carbons (Fsp3) is 0.500. The van der Waals surface area contributed by atoms with Gasteiger partial charge >= 0.3 is 5.97 Å². The van der Waals surface area contributed by atoms with E-state index in [0.29, 0.717) is 29.3 Å². The van der Waals surface area contributed by atoms with Crippen LogP contribution in [0.5, 0.6) is 0 Å². The van der Waals surface area contributed by atoms with Crippen LogP contribution in [-0.4, -0.2) is 37.2 Å². The van der Waals surface area contributed by atoms with Gasteiger partial charge in [0.1, 0.15) is 11.4 Å². The first-order valence-corrected chi connectivity index (χ1v) is 5.82. The average Bonchev–Trinajstić information content (AvgIpc) is 2.80. The zero-order valence-electron chi connectivity index (χ0n) is 9.64. The molecule has 1 aliphatic carbocycles. The van der Waals surface area contributed by atoms with Crippen LogP contribution in [0.4, 0.5) is 5.82 Å². The third-order valence-corrected chi connectivity index (χ3v) is 3.61. The summed E-state index contributed by atoms with van der Waals surface area (Å²) in [5, 5.41) is 6.68. The van der Waals surface area contributed by atoms with Crippen LogP contribution >= 0.6 is 0 Å². The predicted molar refractivity (Wildman–Crippen MR) is 62.8 cm³/mol. The van der Waals surface area contributed by atoms with Gasteiger partial charge in [-0.15, -0.1) is 0 Å². The minimum atomic E-state index is -0.343. The lowest BCUT2D eigenvalue weighted by Gasteiger charge is -2.11. The SMILES string of the molecule is COC(=O)c1cccnc1NC1C2CNCC21. The van der Waals surface area contributed by atoms with Crippen LogP contribution in [-0.2, 0) is 4.74 Å². The Kier molecular flexibility index (Phi) is 2.48. The molecule has 5 heteroatoms. The van der Waals surface area contributed by atoms with Crippen molar-refractivity contribution in [2.24, 2.45) is 11.8 Å². The molecule has 0 amide bonds. The Labute approximate surface area is 99.6 Å². The van der Waals surface area contributed by atoms with E-state index in [9.17, 15) is 4.79 Å². The van der Waals surface area contributed by atoms with Crippen molar-refractivity contribution in [3.8, 4) is 0 Å². The number of fused-ring (bicyclic) bond motifs is 1. The van der Waals surface area contributed by atoms with Crippen molar-refractivity contribution in [2.45, 2.75) is 6.04 Å². The first-order valence-electron chi connectivity index (χ1n) is 5.82. The molecule has 0 aromatic carbocycles. The number of aromatic nitrogens is 1. The molecule has 2 unspecified atom stereocenters. The van der Waals surface area contributed by atoms with E-state index in [1.807, 2.05) is 0 Å². The number of ether oxygens (including phenoxy) is 1. The highest BCUT2D eigenvalue weighted by Crippen LogP contribution is 2.43. The number of pyridine rings is 1. The van der Waals surface area contributed by atoms with Crippen molar-refractivity contribution in [2.75, 3.05) is 25.5 Å². The van der Waals surface area contributed by atoms with Gasteiger partial charge in [0.2, 0.25) is 0 Å². The van der Waals surface area contributed by atoms with E-state index in [-0.39, 0.29) is 5.97 Å². The molecule has 2 N–H and O–H groups in total. The molecule has 2 fully saturated rings. The number of piperidine rings is 1. The van der Waals surface area contributed by atoms with E-state index in [2.05, 4.69) is 15.6 Å². The van der Waals surface area contributed by atoms with Gasteiger partial charge in [0.15, 0.2) is 0 Å². The number of nitrogens with zero attached hydrogens (tertiary/aromatic N) is 1. The Balaban J connectivity index is 1.76. The van der Waals surface area contributed by atoms with Gasteiger partial charge in [-0.05, 0) is 24.0 Å². The summed E-state index contributed by atoms with van der Waals surface area (Å²) < 4.78 is 4.74. The lowest BCUT2D eigenvalue weighted by Crippen LogP contribution is -2.22. The Morgan fingerprint density at radius 3 is 3.00 bits per heavy atom. The smallest absolute Gasteiger partial charge is 0.341 e. The molecule has 1 aromatic heterocycles.